The number of fused-ring (bicyclic) bond motifs is 2. The fourth-order valence-electron chi connectivity index (χ4n) is 3.47. The van der Waals surface area contributed by atoms with Crippen LogP contribution in [0.5, 0.6) is 0 Å². The van der Waals surface area contributed by atoms with E-state index in [0.717, 1.165) is 19.4 Å². The molecule has 2 aliphatic heterocycles. The van der Waals surface area contributed by atoms with Gasteiger partial charge in [-0.15, -0.1) is 0 Å². The van der Waals surface area contributed by atoms with Crippen molar-refractivity contribution in [3.05, 3.63) is 17.5 Å². The molecule has 5 heteroatoms. The molecular weight excluding hydrogens is 240 g/mol. The number of ether oxygens (including phenoxy) is 1. The van der Waals surface area contributed by atoms with E-state index in [1.165, 1.54) is 11.3 Å². The maximum Gasteiger partial charge on any atom is 0.113 e. The lowest BCUT2D eigenvalue weighted by molar-refractivity contribution is -0.118. The predicted molar refractivity (Wildman–Crippen MR) is 70.6 cm³/mol. The molecule has 3 rings (SSSR count). The van der Waals surface area contributed by atoms with Gasteiger partial charge in [-0.25, -0.2) is 0 Å². The lowest BCUT2D eigenvalue weighted by atomic mass is 9.82. The number of aromatic nitrogens is 2. The second-order valence-electron chi connectivity index (χ2n) is 5.75. The van der Waals surface area contributed by atoms with Gasteiger partial charge in [-0.1, -0.05) is 0 Å². The van der Waals surface area contributed by atoms with E-state index in [-0.39, 0.29) is 11.6 Å². The van der Waals surface area contributed by atoms with Crippen LogP contribution in [0.4, 0.5) is 0 Å². The van der Waals surface area contributed by atoms with Crippen LogP contribution in [-0.2, 0) is 10.3 Å². The largest absolute Gasteiger partial charge is 0.366 e. The summed E-state index contributed by atoms with van der Waals surface area (Å²) in [4.78, 5) is 0. The Hall–Kier alpha value is -1.38. The van der Waals surface area contributed by atoms with Crippen molar-refractivity contribution in [2.45, 2.75) is 50.8 Å². The number of piperidine rings is 1. The monoisotopic (exact) mass is 260 g/mol. The average Bonchev–Trinajstić information content (AvgIpc) is 2.77. The topological polar surface area (TPSA) is 62.9 Å². The number of nitrogens with one attached hydrogen (secondary N) is 1. The summed E-state index contributed by atoms with van der Waals surface area (Å²) in [6, 6.07) is 2.74. The average molecular weight is 260 g/mol. The summed E-state index contributed by atoms with van der Waals surface area (Å²) in [5.41, 5.74) is 2.15. The van der Waals surface area contributed by atoms with Crippen LogP contribution in [0.25, 0.3) is 0 Å². The zero-order chi connectivity index (χ0) is 13.5. The third-order valence-electron chi connectivity index (χ3n) is 4.29. The molecule has 1 aromatic heterocycles. The van der Waals surface area contributed by atoms with Gasteiger partial charge in [0.1, 0.15) is 5.60 Å². The Balaban J connectivity index is 2.03. The maximum atomic E-state index is 8.94. The number of rotatable bonds is 1. The van der Waals surface area contributed by atoms with Crippen molar-refractivity contribution >= 4 is 0 Å². The number of hydrogen-bond acceptors (Lipinski definition) is 4. The lowest BCUT2D eigenvalue weighted by Crippen LogP contribution is -2.51. The predicted octanol–water partition coefficient (Wildman–Crippen LogP) is 1.64. The van der Waals surface area contributed by atoms with Crippen molar-refractivity contribution in [3.8, 4) is 6.07 Å². The minimum atomic E-state index is -0.211. The van der Waals surface area contributed by atoms with Crippen molar-refractivity contribution in [3.63, 3.8) is 0 Å². The van der Waals surface area contributed by atoms with Gasteiger partial charge in [0.05, 0.1) is 37.0 Å². The standard InChI is InChI=1S/C14H20N4O/c1-10-8-17-18-12(3-5-15)9-19-14(13(10)18)4-6-16-11(2)7-14/h8,11-12,16H,3-4,6-7,9H2,1-2H3. The molecule has 102 valence electrons. The SMILES string of the molecule is Cc1cnn2c1C1(CCNC(C)C1)OCC2CC#N. The minimum absolute atomic E-state index is 0.0597. The van der Waals surface area contributed by atoms with E-state index in [2.05, 4.69) is 30.3 Å². The Morgan fingerprint density at radius 2 is 2.53 bits per heavy atom. The van der Waals surface area contributed by atoms with E-state index in [4.69, 9.17) is 10.00 Å². The molecule has 1 fully saturated rings. The van der Waals surface area contributed by atoms with E-state index in [1.807, 2.05) is 10.9 Å². The summed E-state index contributed by atoms with van der Waals surface area (Å²) in [7, 11) is 0. The molecule has 5 nitrogen and oxygen atoms in total. The van der Waals surface area contributed by atoms with Gasteiger partial charge in [0, 0.05) is 6.04 Å². The molecule has 0 radical (unpaired) electrons. The van der Waals surface area contributed by atoms with Crippen molar-refractivity contribution in [1.82, 2.24) is 15.1 Å². The molecule has 0 bridgehead atoms. The Labute approximate surface area is 113 Å². The van der Waals surface area contributed by atoms with Crippen LogP contribution in [0.2, 0.25) is 0 Å². The zero-order valence-electron chi connectivity index (χ0n) is 11.5. The van der Waals surface area contributed by atoms with Gasteiger partial charge in [-0.05, 0) is 38.8 Å². The summed E-state index contributed by atoms with van der Waals surface area (Å²) < 4.78 is 8.30. The summed E-state index contributed by atoms with van der Waals surface area (Å²) in [5, 5.41) is 16.9. The first kappa shape index (κ1) is 12.6. The Kier molecular flexibility index (Phi) is 3.08. The number of nitrogens with zero attached hydrogens (tertiary/aromatic N) is 3. The number of aryl methyl sites for hydroxylation is 1. The normalized spacial score (nSPS) is 33.9. The van der Waals surface area contributed by atoms with Gasteiger partial charge in [0.2, 0.25) is 0 Å². The van der Waals surface area contributed by atoms with Crippen LogP contribution in [0, 0.1) is 18.3 Å². The van der Waals surface area contributed by atoms with Crippen LogP contribution in [0.15, 0.2) is 6.20 Å². The second-order valence-corrected chi connectivity index (χ2v) is 5.75. The van der Waals surface area contributed by atoms with E-state index in [9.17, 15) is 0 Å². The van der Waals surface area contributed by atoms with Crippen molar-refractivity contribution in [1.29, 1.82) is 5.26 Å². The summed E-state index contributed by atoms with van der Waals surface area (Å²) in [6.45, 7) is 5.84. The fourth-order valence-corrected chi connectivity index (χ4v) is 3.47. The molecule has 0 saturated carbocycles. The highest BCUT2D eigenvalue weighted by molar-refractivity contribution is 5.27. The van der Waals surface area contributed by atoms with Crippen LogP contribution < -0.4 is 5.32 Å². The molecule has 1 spiro atoms. The van der Waals surface area contributed by atoms with E-state index in [1.54, 1.807) is 0 Å². The van der Waals surface area contributed by atoms with Crippen LogP contribution in [-0.4, -0.2) is 29.0 Å². The Bertz CT molecular complexity index is 518. The fraction of sp³-hybridized carbons (Fsp3) is 0.714. The minimum Gasteiger partial charge on any atom is -0.366 e. The molecule has 1 saturated heterocycles. The summed E-state index contributed by atoms with van der Waals surface area (Å²) in [5.74, 6) is 0. The summed E-state index contributed by atoms with van der Waals surface area (Å²) >= 11 is 0. The van der Waals surface area contributed by atoms with Crippen molar-refractivity contribution < 1.29 is 4.74 Å². The molecule has 2 aliphatic rings. The lowest BCUT2D eigenvalue weighted by Gasteiger charge is -2.45. The second kappa shape index (κ2) is 4.62. The van der Waals surface area contributed by atoms with Crippen molar-refractivity contribution in [2.75, 3.05) is 13.2 Å². The van der Waals surface area contributed by atoms with Gasteiger partial charge in [0.15, 0.2) is 0 Å². The first-order valence-corrected chi connectivity index (χ1v) is 6.95. The van der Waals surface area contributed by atoms with Gasteiger partial charge in [-0.2, -0.15) is 10.4 Å². The number of hydrogen-bond donors (Lipinski definition) is 1. The van der Waals surface area contributed by atoms with Crippen LogP contribution >= 0.6 is 0 Å². The Morgan fingerprint density at radius 3 is 3.26 bits per heavy atom. The highest BCUT2D eigenvalue weighted by atomic mass is 16.5. The summed E-state index contributed by atoms with van der Waals surface area (Å²) in [6.07, 6.45) is 4.31. The molecule has 3 unspecified atom stereocenters. The van der Waals surface area contributed by atoms with Gasteiger partial charge < -0.3 is 10.1 Å². The molecule has 0 aromatic carbocycles. The first-order valence-electron chi connectivity index (χ1n) is 6.95. The van der Waals surface area contributed by atoms with E-state index >= 15 is 0 Å². The van der Waals surface area contributed by atoms with Crippen molar-refractivity contribution in [2.24, 2.45) is 0 Å². The molecule has 1 aromatic rings. The Morgan fingerprint density at radius 1 is 1.68 bits per heavy atom. The molecule has 0 amide bonds. The maximum absolute atomic E-state index is 8.94. The third kappa shape index (κ3) is 1.96. The van der Waals surface area contributed by atoms with Crippen LogP contribution in [0.3, 0.4) is 0 Å². The smallest absolute Gasteiger partial charge is 0.113 e. The third-order valence-corrected chi connectivity index (χ3v) is 4.29. The number of nitriles is 1. The molecule has 1 N–H and O–H groups in total. The van der Waals surface area contributed by atoms with Gasteiger partial charge >= 0.3 is 0 Å². The van der Waals surface area contributed by atoms with E-state index in [0.29, 0.717) is 19.1 Å². The molecule has 3 atom stereocenters. The van der Waals surface area contributed by atoms with Gasteiger partial charge in [0.25, 0.3) is 0 Å². The zero-order valence-corrected chi connectivity index (χ0v) is 11.5. The van der Waals surface area contributed by atoms with Crippen LogP contribution in [0.1, 0.15) is 43.5 Å². The molecule has 19 heavy (non-hydrogen) atoms. The van der Waals surface area contributed by atoms with Gasteiger partial charge in [-0.3, -0.25) is 4.68 Å². The highest BCUT2D eigenvalue weighted by Crippen LogP contribution is 2.43. The quantitative estimate of drug-likeness (QED) is 0.834. The first-order chi connectivity index (χ1) is 9.16. The molecule has 0 aliphatic carbocycles. The molecular formula is C14H20N4O. The molecule has 3 heterocycles. The highest BCUT2D eigenvalue weighted by Gasteiger charge is 2.45. The van der Waals surface area contributed by atoms with E-state index < -0.39 is 0 Å².